The van der Waals surface area contributed by atoms with Crippen molar-refractivity contribution in [3.8, 4) is 0 Å². The van der Waals surface area contributed by atoms with Gasteiger partial charge < -0.3 is 9.88 Å². The number of carbonyl (C=O) groups is 1. The number of aryl methyl sites for hydroxylation is 1. The Hall–Kier alpha value is -3.09. The van der Waals surface area contributed by atoms with E-state index in [9.17, 15) is 13.2 Å². The van der Waals surface area contributed by atoms with Crippen molar-refractivity contribution in [1.29, 1.82) is 0 Å². The van der Waals surface area contributed by atoms with Crippen molar-refractivity contribution in [2.75, 3.05) is 11.6 Å². The van der Waals surface area contributed by atoms with E-state index in [1.807, 2.05) is 50.3 Å². The Bertz CT molecular complexity index is 1380. The molecule has 0 saturated heterocycles. The molecule has 1 heterocycles. The van der Waals surface area contributed by atoms with E-state index in [4.69, 9.17) is 11.6 Å². The molecule has 1 N–H and O–H groups in total. The van der Waals surface area contributed by atoms with E-state index in [1.165, 1.54) is 12.1 Å². The number of sulfone groups is 1. The molecule has 1 aliphatic rings. The molecule has 3 aromatic rings. The number of carbonyl (C=O) groups excluding carboxylic acids is 1. The number of nitrogens with zero attached hydrogens (tertiary/aromatic N) is 1. The standard InChI is InChI=1S/C26H25ClN2O3S/c1-17-16-23(26(30)28-19-12-14-20(15-13-19)33(3,31)32)18(2)29(17)25-11-7-5-9-22(25)21-8-4-6-10-24(21)27/h4-10,12-16,25H,11H2,1-3H3,(H,28,30). The molecule has 170 valence electrons. The van der Waals surface area contributed by atoms with Crippen molar-refractivity contribution in [2.24, 2.45) is 0 Å². The maximum absolute atomic E-state index is 13.1. The van der Waals surface area contributed by atoms with Crippen molar-refractivity contribution < 1.29 is 13.2 Å². The summed E-state index contributed by atoms with van der Waals surface area (Å²) in [6.07, 6.45) is 8.18. The Kier molecular flexibility index (Phi) is 6.32. The van der Waals surface area contributed by atoms with Crippen LogP contribution in [0.25, 0.3) is 5.57 Å². The van der Waals surface area contributed by atoms with Crippen molar-refractivity contribution in [1.82, 2.24) is 4.57 Å². The van der Waals surface area contributed by atoms with Crippen molar-refractivity contribution in [3.63, 3.8) is 0 Å². The summed E-state index contributed by atoms with van der Waals surface area (Å²) >= 11 is 6.50. The predicted octanol–water partition coefficient (Wildman–Crippen LogP) is 6.00. The van der Waals surface area contributed by atoms with E-state index in [2.05, 4.69) is 22.0 Å². The second-order valence-electron chi connectivity index (χ2n) is 8.19. The average Bonchev–Trinajstić information content (AvgIpc) is 3.08. The highest BCUT2D eigenvalue weighted by Gasteiger charge is 2.26. The fraction of sp³-hybridized carbons (Fsp3) is 0.192. The SMILES string of the molecule is Cc1cc(C(=O)Nc2ccc(S(C)(=O)=O)cc2)c(C)n1C1CC=CC=C1c1ccccc1Cl. The summed E-state index contributed by atoms with van der Waals surface area (Å²) in [7, 11) is -3.29. The van der Waals surface area contributed by atoms with Crippen LogP contribution in [0.1, 0.15) is 39.8 Å². The number of hydrogen-bond acceptors (Lipinski definition) is 3. The highest BCUT2D eigenvalue weighted by Crippen LogP contribution is 2.39. The molecule has 1 aliphatic carbocycles. The van der Waals surface area contributed by atoms with Crippen LogP contribution < -0.4 is 5.32 Å². The lowest BCUT2D eigenvalue weighted by Crippen LogP contribution is -2.17. The molecule has 0 fully saturated rings. The zero-order chi connectivity index (χ0) is 23.8. The Balaban J connectivity index is 1.64. The van der Waals surface area contributed by atoms with Gasteiger partial charge in [-0.15, -0.1) is 0 Å². The normalized spacial score (nSPS) is 15.9. The number of aromatic nitrogens is 1. The zero-order valence-electron chi connectivity index (χ0n) is 18.7. The van der Waals surface area contributed by atoms with Crippen LogP contribution in [-0.4, -0.2) is 25.1 Å². The van der Waals surface area contributed by atoms with Gasteiger partial charge in [0, 0.05) is 28.4 Å². The first-order valence-corrected chi connectivity index (χ1v) is 12.9. The number of halogens is 1. The zero-order valence-corrected chi connectivity index (χ0v) is 20.2. The molecule has 1 aromatic heterocycles. The minimum atomic E-state index is -3.29. The second-order valence-corrected chi connectivity index (χ2v) is 10.6. The predicted molar refractivity (Wildman–Crippen MR) is 134 cm³/mol. The third-order valence-electron chi connectivity index (χ3n) is 5.90. The smallest absolute Gasteiger partial charge is 0.257 e. The summed E-state index contributed by atoms with van der Waals surface area (Å²) in [5, 5.41) is 3.57. The van der Waals surface area contributed by atoms with E-state index >= 15 is 0 Å². The van der Waals surface area contributed by atoms with Gasteiger partial charge in [0.2, 0.25) is 0 Å². The van der Waals surface area contributed by atoms with Gasteiger partial charge in [-0.2, -0.15) is 0 Å². The number of nitrogens with one attached hydrogen (secondary N) is 1. The van der Waals surface area contributed by atoms with Crippen LogP contribution in [0.4, 0.5) is 5.69 Å². The molecule has 5 nitrogen and oxygen atoms in total. The molecule has 7 heteroatoms. The number of anilines is 1. The topological polar surface area (TPSA) is 68.2 Å². The molecule has 1 atom stereocenters. The summed E-state index contributed by atoms with van der Waals surface area (Å²) in [5.74, 6) is -0.240. The van der Waals surface area contributed by atoms with E-state index < -0.39 is 9.84 Å². The van der Waals surface area contributed by atoms with Crippen LogP contribution in [-0.2, 0) is 9.84 Å². The summed E-state index contributed by atoms with van der Waals surface area (Å²) in [4.78, 5) is 13.3. The Morgan fingerprint density at radius 2 is 1.79 bits per heavy atom. The minimum absolute atomic E-state index is 0.0190. The van der Waals surface area contributed by atoms with Crippen LogP contribution in [0, 0.1) is 13.8 Å². The Morgan fingerprint density at radius 3 is 2.45 bits per heavy atom. The molecule has 33 heavy (non-hydrogen) atoms. The third-order valence-corrected chi connectivity index (χ3v) is 7.35. The molecule has 1 unspecified atom stereocenters. The van der Waals surface area contributed by atoms with Gasteiger partial charge in [0.05, 0.1) is 16.5 Å². The van der Waals surface area contributed by atoms with Gasteiger partial charge in [-0.3, -0.25) is 4.79 Å². The molecular formula is C26H25ClN2O3S. The lowest BCUT2D eigenvalue weighted by atomic mass is 9.92. The first-order valence-electron chi connectivity index (χ1n) is 10.6. The minimum Gasteiger partial charge on any atom is -0.341 e. The number of allylic oxidation sites excluding steroid dienone is 4. The van der Waals surface area contributed by atoms with Crippen LogP contribution in [0.2, 0.25) is 5.02 Å². The van der Waals surface area contributed by atoms with Crippen molar-refractivity contribution in [3.05, 3.63) is 100 Å². The van der Waals surface area contributed by atoms with Gasteiger partial charge in [0.25, 0.3) is 5.91 Å². The van der Waals surface area contributed by atoms with Gasteiger partial charge in [-0.05, 0) is 67.8 Å². The Morgan fingerprint density at radius 1 is 1.09 bits per heavy atom. The van der Waals surface area contributed by atoms with Crippen molar-refractivity contribution >= 4 is 38.6 Å². The van der Waals surface area contributed by atoms with Crippen LogP contribution in [0.3, 0.4) is 0 Å². The van der Waals surface area contributed by atoms with Gasteiger partial charge >= 0.3 is 0 Å². The van der Waals surface area contributed by atoms with Gasteiger partial charge in [-0.25, -0.2) is 8.42 Å². The molecular weight excluding hydrogens is 456 g/mol. The Labute approximate surface area is 199 Å². The highest BCUT2D eigenvalue weighted by atomic mass is 35.5. The summed E-state index contributed by atoms with van der Waals surface area (Å²) in [6, 6.07) is 15.9. The van der Waals surface area contributed by atoms with Crippen LogP contribution in [0.15, 0.2) is 77.7 Å². The first-order chi connectivity index (χ1) is 15.7. The van der Waals surface area contributed by atoms with E-state index in [0.29, 0.717) is 16.3 Å². The van der Waals surface area contributed by atoms with Gasteiger partial charge in [0.1, 0.15) is 0 Å². The van der Waals surface area contributed by atoms with Gasteiger partial charge in [0.15, 0.2) is 9.84 Å². The van der Waals surface area contributed by atoms with E-state index in [-0.39, 0.29) is 16.8 Å². The number of rotatable bonds is 5. The van der Waals surface area contributed by atoms with Crippen LogP contribution in [0.5, 0.6) is 0 Å². The molecule has 0 radical (unpaired) electrons. The molecule has 0 spiro atoms. The third kappa shape index (κ3) is 4.68. The number of hydrogen-bond donors (Lipinski definition) is 1. The molecule has 0 aliphatic heterocycles. The molecule has 0 saturated carbocycles. The summed E-state index contributed by atoms with van der Waals surface area (Å²) < 4.78 is 25.5. The summed E-state index contributed by atoms with van der Waals surface area (Å²) in [6.45, 7) is 3.93. The maximum atomic E-state index is 13.1. The van der Waals surface area contributed by atoms with Crippen LogP contribution >= 0.6 is 11.6 Å². The lowest BCUT2D eigenvalue weighted by molar-refractivity contribution is 0.102. The van der Waals surface area contributed by atoms with E-state index in [1.54, 1.807) is 12.1 Å². The molecule has 0 bridgehead atoms. The number of amides is 1. The monoisotopic (exact) mass is 480 g/mol. The highest BCUT2D eigenvalue weighted by molar-refractivity contribution is 7.90. The maximum Gasteiger partial charge on any atom is 0.257 e. The first kappa shape index (κ1) is 23.1. The largest absolute Gasteiger partial charge is 0.341 e. The lowest BCUT2D eigenvalue weighted by Gasteiger charge is -2.27. The van der Waals surface area contributed by atoms with E-state index in [0.717, 1.165) is 35.2 Å². The quantitative estimate of drug-likeness (QED) is 0.487. The fourth-order valence-electron chi connectivity index (χ4n) is 4.30. The summed E-state index contributed by atoms with van der Waals surface area (Å²) in [5.41, 5.74) is 5.03. The van der Waals surface area contributed by atoms with Gasteiger partial charge in [-0.1, -0.05) is 48.0 Å². The van der Waals surface area contributed by atoms with Crippen molar-refractivity contribution in [2.45, 2.75) is 31.2 Å². The molecule has 1 amide bonds. The fourth-order valence-corrected chi connectivity index (χ4v) is 5.17. The number of benzene rings is 2. The molecule has 4 rings (SSSR count). The molecule has 2 aromatic carbocycles. The average molecular weight is 481 g/mol. The second kappa shape index (κ2) is 9.04.